The first-order chi connectivity index (χ1) is 8.10. The topological polar surface area (TPSA) is 103 Å². The van der Waals surface area contributed by atoms with Gasteiger partial charge in [0.15, 0.2) is 0 Å². The van der Waals surface area contributed by atoms with Crippen molar-refractivity contribution in [2.75, 3.05) is 18.2 Å². The zero-order chi connectivity index (χ0) is 12.4. The van der Waals surface area contributed by atoms with Crippen LogP contribution in [-0.4, -0.2) is 30.1 Å². The molecule has 0 spiro atoms. The lowest BCUT2D eigenvalue weighted by atomic mass is 9.89. The first kappa shape index (κ1) is 11.7. The molecule has 1 aromatic heterocycles. The molecule has 6 heteroatoms. The van der Waals surface area contributed by atoms with Crippen LogP contribution >= 0.6 is 0 Å². The Morgan fingerprint density at radius 2 is 2.29 bits per heavy atom. The molecule has 0 aromatic carbocycles. The van der Waals surface area contributed by atoms with Crippen molar-refractivity contribution in [3.8, 4) is 0 Å². The lowest BCUT2D eigenvalue weighted by Crippen LogP contribution is -2.40. The number of nitrogen functional groups attached to an aromatic ring is 1. The monoisotopic (exact) mass is 236 g/mol. The number of amides is 1. The van der Waals surface area contributed by atoms with Gasteiger partial charge in [0.1, 0.15) is 5.82 Å². The number of carbonyl (C=O) groups excluding carboxylic acids is 1. The fourth-order valence-electron chi connectivity index (χ4n) is 1.85. The van der Waals surface area contributed by atoms with Crippen molar-refractivity contribution in [1.29, 1.82) is 0 Å². The van der Waals surface area contributed by atoms with Gasteiger partial charge in [0.2, 0.25) is 0 Å². The Labute approximate surface area is 99.3 Å². The Balaban J connectivity index is 2.08. The van der Waals surface area contributed by atoms with Crippen molar-refractivity contribution in [2.45, 2.75) is 25.0 Å². The normalized spacial score (nSPS) is 22.9. The quantitative estimate of drug-likeness (QED) is 0.700. The van der Waals surface area contributed by atoms with Gasteiger partial charge in [-0.15, -0.1) is 0 Å². The van der Waals surface area contributed by atoms with Gasteiger partial charge in [-0.1, -0.05) is 0 Å². The number of hydrogen-bond donors (Lipinski definition) is 3. The minimum Gasteiger partial charge on any atom is -0.397 e. The van der Waals surface area contributed by atoms with Crippen LogP contribution in [0.2, 0.25) is 0 Å². The average molecular weight is 236 g/mol. The van der Waals surface area contributed by atoms with Gasteiger partial charge in [-0.05, 0) is 18.9 Å². The van der Waals surface area contributed by atoms with Crippen molar-refractivity contribution in [3.05, 3.63) is 17.8 Å². The fourth-order valence-corrected chi connectivity index (χ4v) is 1.85. The molecule has 17 heavy (non-hydrogen) atoms. The van der Waals surface area contributed by atoms with Crippen molar-refractivity contribution in [3.63, 3.8) is 0 Å². The zero-order valence-electron chi connectivity index (χ0n) is 9.64. The Morgan fingerprint density at radius 1 is 1.59 bits per heavy atom. The van der Waals surface area contributed by atoms with Crippen LogP contribution in [0.3, 0.4) is 0 Å². The van der Waals surface area contributed by atoms with E-state index in [1.807, 2.05) is 0 Å². The van der Waals surface area contributed by atoms with Gasteiger partial charge in [-0.3, -0.25) is 4.79 Å². The van der Waals surface area contributed by atoms with Crippen molar-refractivity contribution in [2.24, 2.45) is 5.73 Å². The number of carbonyl (C=O) groups is 1. The lowest BCUT2D eigenvalue weighted by Gasteiger charge is -2.35. The van der Waals surface area contributed by atoms with E-state index < -0.39 is 5.91 Å². The van der Waals surface area contributed by atoms with E-state index in [9.17, 15) is 4.79 Å². The molecule has 2 rings (SSSR count). The van der Waals surface area contributed by atoms with Gasteiger partial charge in [0.25, 0.3) is 5.91 Å². The number of pyridine rings is 1. The fraction of sp³-hybridized carbons (Fsp3) is 0.455. The number of ether oxygens (including phenoxy) is 1. The van der Waals surface area contributed by atoms with Crippen LogP contribution in [0.15, 0.2) is 12.3 Å². The molecule has 0 aliphatic heterocycles. The van der Waals surface area contributed by atoms with Gasteiger partial charge >= 0.3 is 0 Å². The van der Waals surface area contributed by atoms with Crippen LogP contribution in [-0.2, 0) is 4.74 Å². The summed E-state index contributed by atoms with van der Waals surface area (Å²) >= 11 is 0. The summed E-state index contributed by atoms with van der Waals surface area (Å²) in [6.07, 6.45) is 3.60. The Morgan fingerprint density at radius 3 is 2.88 bits per heavy atom. The number of anilines is 2. The maximum atomic E-state index is 11.2. The van der Waals surface area contributed by atoms with Gasteiger partial charge in [-0.25, -0.2) is 4.98 Å². The molecule has 1 aromatic rings. The molecule has 1 fully saturated rings. The molecular weight excluding hydrogens is 220 g/mol. The summed E-state index contributed by atoms with van der Waals surface area (Å²) in [4.78, 5) is 15.3. The minimum absolute atomic E-state index is 0.272. The zero-order valence-corrected chi connectivity index (χ0v) is 9.64. The minimum atomic E-state index is -0.532. The van der Waals surface area contributed by atoms with E-state index in [2.05, 4.69) is 10.3 Å². The van der Waals surface area contributed by atoms with Gasteiger partial charge in [0.05, 0.1) is 23.6 Å². The van der Waals surface area contributed by atoms with Crippen LogP contribution in [0, 0.1) is 0 Å². The highest BCUT2D eigenvalue weighted by molar-refractivity contribution is 5.98. The third-order valence-electron chi connectivity index (χ3n) is 2.94. The lowest BCUT2D eigenvalue weighted by molar-refractivity contribution is 0.0328. The summed E-state index contributed by atoms with van der Waals surface area (Å²) < 4.78 is 5.18. The largest absolute Gasteiger partial charge is 0.397 e. The molecule has 6 nitrogen and oxygen atoms in total. The number of primary amides is 1. The molecular formula is C11H16N4O2. The average Bonchev–Trinajstić information content (AvgIpc) is 2.24. The standard InChI is InChI=1S/C11H16N4O2/c1-17-8-3-7(4-8)15-11-9(10(13)16)2-6(12)5-14-11/h2,5,7-8H,3-4,12H2,1H3,(H2,13,16)(H,14,15). The maximum Gasteiger partial charge on any atom is 0.252 e. The van der Waals surface area contributed by atoms with E-state index in [1.54, 1.807) is 7.11 Å². The van der Waals surface area contributed by atoms with Crippen LogP contribution in [0.25, 0.3) is 0 Å². The molecule has 1 saturated carbocycles. The Kier molecular flexibility index (Phi) is 3.14. The molecule has 0 saturated heterocycles. The summed E-state index contributed by atoms with van der Waals surface area (Å²) in [6.45, 7) is 0. The molecule has 1 aliphatic rings. The van der Waals surface area contributed by atoms with Crippen LogP contribution < -0.4 is 16.8 Å². The molecule has 92 valence electrons. The first-order valence-electron chi connectivity index (χ1n) is 5.44. The van der Waals surface area contributed by atoms with Crippen molar-refractivity contribution < 1.29 is 9.53 Å². The second-order valence-corrected chi connectivity index (χ2v) is 4.20. The smallest absolute Gasteiger partial charge is 0.252 e. The Hall–Kier alpha value is -1.82. The molecule has 0 unspecified atom stereocenters. The molecule has 1 aliphatic carbocycles. The number of nitrogens with zero attached hydrogens (tertiary/aromatic N) is 1. The summed E-state index contributed by atoms with van der Waals surface area (Å²) in [5.41, 5.74) is 11.6. The number of methoxy groups -OCH3 is 1. The summed E-state index contributed by atoms with van der Waals surface area (Å²) in [5.74, 6) is -0.0406. The van der Waals surface area contributed by atoms with E-state index >= 15 is 0 Å². The number of aromatic nitrogens is 1. The molecule has 0 bridgehead atoms. The highest BCUT2D eigenvalue weighted by atomic mass is 16.5. The molecule has 0 radical (unpaired) electrons. The molecule has 1 amide bonds. The molecule has 1 heterocycles. The van der Waals surface area contributed by atoms with Crippen LogP contribution in [0.4, 0.5) is 11.5 Å². The third-order valence-corrected chi connectivity index (χ3v) is 2.94. The third kappa shape index (κ3) is 2.47. The first-order valence-corrected chi connectivity index (χ1v) is 5.44. The number of nitrogens with one attached hydrogen (secondary N) is 1. The van der Waals surface area contributed by atoms with E-state index in [-0.39, 0.29) is 6.04 Å². The predicted octanol–water partition coefficient (Wildman–Crippen LogP) is 0.352. The highest BCUT2D eigenvalue weighted by Crippen LogP contribution is 2.27. The Bertz CT molecular complexity index is 429. The van der Waals surface area contributed by atoms with Crippen LogP contribution in [0.5, 0.6) is 0 Å². The van der Waals surface area contributed by atoms with E-state index in [0.29, 0.717) is 23.2 Å². The van der Waals surface area contributed by atoms with E-state index in [1.165, 1.54) is 12.3 Å². The predicted molar refractivity (Wildman–Crippen MR) is 64.6 cm³/mol. The maximum absolute atomic E-state index is 11.2. The van der Waals surface area contributed by atoms with Crippen LogP contribution in [0.1, 0.15) is 23.2 Å². The van der Waals surface area contributed by atoms with Gasteiger partial charge < -0.3 is 21.5 Å². The molecule has 5 N–H and O–H groups in total. The summed E-state index contributed by atoms with van der Waals surface area (Å²) in [6, 6.07) is 1.80. The summed E-state index contributed by atoms with van der Waals surface area (Å²) in [5, 5.41) is 3.17. The van der Waals surface area contributed by atoms with Crippen molar-refractivity contribution in [1.82, 2.24) is 4.98 Å². The van der Waals surface area contributed by atoms with Crippen molar-refractivity contribution >= 4 is 17.4 Å². The van der Waals surface area contributed by atoms with E-state index in [4.69, 9.17) is 16.2 Å². The SMILES string of the molecule is COC1CC(Nc2ncc(N)cc2C(N)=O)C1. The highest BCUT2D eigenvalue weighted by Gasteiger charge is 2.29. The number of nitrogens with two attached hydrogens (primary N) is 2. The molecule has 0 atom stereocenters. The second kappa shape index (κ2) is 4.58. The summed E-state index contributed by atoms with van der Waals surface area (Å²) in [7, 11) is 1.69. The second-order valence-electron chi connectivity index (χ2n) is 4.20. The van der Waals surface area contributed by atoms with Gasteiger partial charge in [0, 0.05) is 13.2 Å². The van der Waals surface area contributed by atoms with E-state index in [0.717, 1.165) is 12.8 Å². The van der Waals surface area contributed by atoms with Gasteiger partial charge in [-0.2, -0.15) is 0 Å². The number of hydrogen-bond acceptors (Lipinski definition) is 5. The number of rotatable bonds is 4.